The van der Waals surface area contributed by atoms with E-state index in [0.29, 0.717) is 33.2 Å². The molecule has 0 spiro atoms. The van der Waals surface area contributed by atoms with Gasteiger partial charge >= 0.3 is 0 Å². The van der Waals surface area contributed by atoms with E-state index in [1.54, 1.807) is 36.4 Å². The van der Waals surface area contributed by atoms with Crippen molar-refractivity contribution in [2.75, 3.05) is 16.9 Å². The van der Waals surface area contributed by atoms with E-state index in [4.69, 9.17) is 22.2 Å². The van der Waals surface area contributed by atoms with Crippen LogP contribution < -0.4 is 15.9 Å². The van der Waals surface area contributed by atoms with Gasteiger partial charge in [-0.15, -0.1) is 21.5 Å². The zero-order valence-electron chi connectivity index (χ0n) is 15.5. The summed E-state index contributed by atoms with van der Waals surface area (Å²) >= 11 is 8.84. The first-order chi connectivity index (χ1) is 14.6. The SMILES string of the molecule is Nn1c(SCC(=O)Nc2ccc(Oc3ccccc3Cl)cc2)nnc1-c1cccs1. The number of carbonyl (C=O) groups is 1. The average molecular weight is 458 g/mol. The Morgan fingerprint density at radius 2 is 1.93 bits per heavy atom. The lowest BCUT2D eigenvalue weighted by Crippen LogP contribution is -2.16. The maximum atomic E-state index is 12.3. The third-order valence-corrected chi connectivity index (χ3v) is 6.06. The Morgan fingerprint density at radius 1 is 1.13 bits per heavy atom. The highest BCUT2D eigenvalue weighted by Crippen LogP contribution is 2.29. The number of aromatic nitrogens is 3. The van der Waals surface area contributed by atoms with Crippen LogP contribution in [0.1, 0.15) is 0 Å². The van der Waals surface area contributed by atoms with Crippen LogP contribution in [0.4, 0.5) is 5.69 Å². The summed E-state index contributed by atoms with van der Waals surface area (Å²) in [5.41, 5.74) is 0.653. The van der Waals surface area contributed by atoms with Gasteiger partial charge in [-0.2, -0.15) is 0 Å². The second-order valence-electron chi connectivity index (χ2n) is 6.05. The molecule has 0 aliphatic carbocycles. The molecule has 0 saturated carbocycles. The highest BCUT2D eigenvalue weighted by molar-refractivity contribution is 7.99. The van der Waals surface area contributed by atoms with Crippen molar-refractivity contribution < 1.29 is 9.53 Å². The van der Waals surface area contributed by atoms with Crippen molar-refractivity contribution in [2.24, 2.45) is 0 Å². The third-order valence-electron chi connectivity index (χ3n) is 3.94. The lowest BCUT2D eigenvalue weighted by molar-refractivity contribution is -0.113. The Morgan fingerprint density at radius 3 is 2.67 bits per heavy atom. The molecule has 10 heteroatoms. The molecule has 0 radical (unpaired) electrons. The highest BCUT2D eigenvalue weighted by atomic mass is 35.5. The van der Waals surface area contributed by atoms with Gasteiger partial charge in [-0.1, -0.05) is 41.6 Å². The van der Waals surface area contributed by atoms with Crippen molar-refractivity contribution in [3.63, 3.8) is 0 Å². The van der Waals surface area contributed by atoms with Gasteiger partial charge in [0.05, 0.1) is 15.7 Å². The molecule has 2 aromatic heterocycles. The topological polar surface area (TPSA) is 95.1 Å². The molecular formula is C20H16ClN5O2S2. The van der Waals surface area contributed by atoms with Crippen LogP contribution in [-0.2, 0) is 4.79 Å². The van der Waals surface area contributed by atoms with Crippen LogP contribution in [0.5, 0.6) is 11.5 Å². The van der Waals surface area contributed by atoms with Gasteiger partial charge in [-0.3, -0.25) is 4.79 Å². The Labute approximate surface area is 185 Å². The molecule has 0 unspecified atom stereocenters. The number of amides is 1. The molecule has 7 nitrogen and oxygen atoms in total. The number of hydrogen-bond donors (Lipinski definition) is 2. The summed E-state index contributed by atoms with van der Waals surface area (Å²) in [5, 5.41) is 13.9. The Bertz CT molecular complexity index is 1150. The van der Waals surface area contributed by atoms with Crippen LogP contribution in [0, 0.1) is 0 Å². The number of ether oxygens (including phenoxy) is 1. The number of hydrogen-bond acceptors (Lipinski definition) is 7. The standard InChI is InChI=1S/C20H16ClN5O2S2/c21-15-4-1-2-5-16(15)28-14-9-7-13(8-10-14)23-18(27)12-30-20-25-24-19(26(20)22)17-6-3-11-29-17/h1-11H,12,22H2,(H,23,27). The molecule has 0 aliphatic rings. The summed E-state index contributed by atoms with van der Waals surface area (Å²) in [6.45, 7) is 0. The van der Waals surface area contributed by atoms with Crippen LogP contribution in [0.3, 0.4) is 0 Å². The minimum Gasteiger partial charge on any atom is -0.456 e. The molecule has 2 aromatic carbocycles. The second-order valence-corrected chi connectivity index (χ2v) is 8.34. The first-order valence-electron chi connectivity index (χ1n) is 8.79. The number of benzene rings is 2. The maximum absolute atomic E-state index is 12.3. The fourth-order valence-corrected chi connectivity index (χ4v) is 4.07. The van der Waals surface area contributed by atoms with E-state index < -0.39 is 0 Å². The van der Waals surface area contributed by atoms with Crippen LogP contribution in [0.25, 0.3) is 10.7 Å². The molecule has 4 rings (SSSR count). The summed E-state index contributed by atoms with van der Waals surface area (Å²) < 4.78 is 7.13. The van der Waals surface area contributed by atoms with E-state index in [-0.39, 0.29) is 11.7 Å². The molecule has 0 aliphatic heterocycles. The maximum Gasteiger partial charge on any atom is 0.234 e. The smallest absolute Gasteiger partial charge is 0.234 e. The molecule has 2 heterocycles. The molecule has 0 saturated heterocycles. The van der Waals surface area contributed by atoms with Gasteiger partial charge in [0.2, 0.25) is 11.1 Å². The summed E-state index contributed by atoms with van der Waals surface area (Å²) in [4.78, 5) is 13.2. The normalized spacial score (nSPS) is 10.7. The van der Waals surface area contributed by atoms with E-state index >= 15 is 0 Å². The minimum absolute atomic E-state index is 0.150. The zero-order chi connectivity index (χ0) is 20.9. The van der Waals surface area contributed by atoms with Gasteiger partial charge in [0.1, 0.15) is 11.5 Å². The summed E-state index contributed by atoms with van der Waals surface area (Å²) in [5.74, 6) is 7.78. The molecule has 4 aromatic rings. The Balaban J connectivity index is 1.32. The van der Waals surface area contributed by atoms with Crippen molar-refractivity contribution in [2.45, 2.75) is 5.16 Å². The molecule has 1 amide bonds. The Kier molecular flexibility index (Phi) is 6.22. The number of halogens is 1. The van der Waals surface area contributed by atoms with Crippen molar-refractivity contribution in [3.05, 3.63) is 71.1 Å². The van der Waals surface area contributed by atoms with Crippen LogP contribution in [0.15, 0.2) is 71.2 Å². The number of thioether (sulfide) groups is 1. The first kappa shape index (κ1) is 20.3. The fraction of sp³-hybridized carbons (Fsp3) is 0.0500. The van der Waals surface area contributed by atoms with Gasteiger partial charge in [0, 0.05) is 5.69 Å². The largest absolute Gasteiger partial charge is 0.456 e. The van der Waals surface area contributed by atoms with Gasteiger partial charge in [-0.05, 0) is 47.8 Å². The molecule has 30 heavy (non-hydrogen) atoms. The average Bonchev–Trinajstić information content (AvgIpc) is 3.39. The number of carbonyl (C=O) groups excluding carboxylic acids is 1. The summed E-state index contributed by atoms with van der Waals surface area (Å²) in [7, 11) is 0. The van der Waals surface area contributed by atoms with E-state index in [2.05, 4.69) is 15.5 Å². The first-order valence-corrected chi connectivity index (χ1v) is 11.0. The second kappa shape index (κ2) is 9.21. The van der Waals surface area contributed by atoms with Crippen LogP contribution in [-0.4, -0.2) is 26.5 Å². The predicted octanol–water partition coefficient (Wildman–Crippen LogP) is 4.90. The molecule has 152 valence electrons. The van der Waals surface area contributed by atoms with E-state index in [0.717, 1.165) is 4.88 Å². The molecular weight excluding hydrogens is 442 g/mol. The van der Waals surface area contributed by atoms with E-state index in [1.165, 1.54) is 27.8 Å². The van der Waals surface area contributed by atoms with Gasteiger partial charge in [0.15, 0.2) is 5.82 Å². The molecule has 0 bridgehead atoms. The molecule has 3 N–H and O–H groups in total. The third kappa shape index (κ3) is 4.76. The predicted molar refractivity (Wildman–Crippen MR) is 121 cm³/mol. The lowest BCUT2D eigenvalue weighted by Gasteiger charge is -2.09. The van der Waals surface area contributed by atoms with Gasteiger partial charge < -0.3 is 15.9 Å². The summed E-state index contributed by atoms with van der Waals surface area (Å²) in [6, 6.07) is 18.1. The van der Waals surface area contributed by atoms with Gasteiger partial charge in [0.25, 0.3) is 0 Å². The zero-order valence-corrected chi connectivity index (χ0v) is 17.9. The number of thiophene rings is 1. The highest BCUT2D eigenvalue weighted by Gasteiger charge is 2.14. The quantitative estimate of drug-likeness (QED) is 0.303. The lowest BCUT2D eigenvalue weighted by atomic mass is 10.3. The minimum atomic E-state index is -0.180. The monoisotopic (exact) mass is 457 g/mol. The van der Waals surface area contributed by atoms with E-state index in [9.17, 15) is 4.79 Å². The van der Waals surface area contributed by atoms with Crippen molar-refractivity contribution in [3.8, 4) is 22.2 Å². The number of para-hydroxylation sites is 1. The fourth-order valence-electron chi connectivity index (χ4n) is 2.54. The van der Waals surface area contributed by atoms with Crippen molar-refractivity contribution >= 4 is 46.3 Å². The molecule has 0 atom stereocenters. The van der Waals surface area contributed by atoms with Gasteiger partial charge in [-0.25, -0.2) is 4.68 Å². The van der Waals surface area contributed by atoms with Crippen molar-refractivity contribution in [1.82, 2.24) is 14.9 Å². The Hall–Kier alpha value is -3.01. The van der Waals surface area contributed by atoms with E-state index in [1.807, 2.05) is 29.6 Å². The number of nitrogen functional groups attached to an aromatic ring is 1. The number of rotatable bonds is 7. The summed E-state index contributed by atoms with van der Waals surface area (Å²) in [6.07, 6.45) is 0. The van der Waals surface area contributed by atoms with Crippen LogP contribution >= 0.6 is 34.7 Å². The number of anilines is 1. The number of nitrogens with zero attached hydrogens (tertiary/aromatic N) is 3. The number of nitrogens with one attached hydrogen (secondary N) is 1. The number of nitrogens with two attached hydrogens (primary N) is 1. The molecule has 0 fully saturated rings. The van der Waals surface area contributed by atoms with Crippen LogP contribution in [0.2, 0.25) is 5.02 Å². The van der Waals surface area contributed by atoms with Crippen molar-refractivity contribution in [1.29, 1.82) is 0 Å².